The normalized spacial score (nSPS) is 10.4. The summed E-state index contributed by atoms with van der Waals surface area (Å²) in [6, 6.07) is 0. The lowest BCUT2D eigenvalue weighted by atomic mass is 10.1. The number of esters is 1. The summed E-state index contributed by atoms with van der Waals surface area (Å²) in [6.45, 7) is 0. The Morgan fingerprint density at radius 3 is 2.65 bits per heavy atom. The van der Waals surface area contributed by atoms with E-state index < -0.39 is 34.3 Å². The number of carbonyl (C=O) groups excluding carboxylic acids is 1. The van der Waals surface area contributed by atoms with Crippen LogP contribution < -0.4 is 0 Å². The van der Waals surface area contributed by atoms with Crippen LogP contribution in [0.1, 0.15) is 22.5 Å². The van der Waals surface area contributed by atoms with E-state index >= 15 is 0 Å². The Hall–Kier alpha value is -1.64. The van der Waals surface area contributed by atoms with Crippen LogP contribution in [0.15, 0.2) is 10.7 Å². The van der Waals surface area contributed by atoms with Crippen molar-refractivity contribution in [2.24, 2.45) is 0 Å². The van der Waals surface area contributed by atoms with E-state index in [9.17, 15) is 23.7 Å². The van der Waals surface area contributed by atoms with E-state index in [2.05, 4.69) is 25.7 Å². The number of halogens is 3. The van der Waals surface area contributed by atoms with Gasteiger partial charge in [0.1, 0.15) is 10.0 Å². The molecule has 0 aliphatic heterocycles. The molecule has 0 fully saturated rings. The van der Waals surface area contributed by atoms with Gasteiger partial charge in [-0.2, -0.15) is 0 Å². The summed E-state index contributed by atoms with van der Waals surface area (Å²) in [5.74, 6) is -1.16. The van der Waals surface area contributed by atoms with Gasteiger partial charge in [-0.1, -0.05) is 0 Å². The van der Waals surface area contributed by atoms with Gasteiger partial charge >= 0.3 is 5.97 Å². The van der Waals surface area contributed by atoms with Crippen molar-refractivity contribution in [2.45, 2.75) is 6.43 Å². The van der Waals surface area contributed by atoms with Crippen molar-refractivity contribution in [1.82, 2.24) is 4.98 Å². The lowest BCUT2D eigenvalue weighted by Gasteiger charge is -2.07. The molecule has 0 aliphatic carbocycles. The zero-order chi connectivity index (χ0) is 13.2. The van der Waals surface area contributed by atoms with Gasteiger partial charge in [-0.05, 0) is 15.9 Å². The average molecular weight is 311 g/mol. The number of hydrogen-bond donors (Lipinski definition) is 0. The molecule has 1 heterocycles. The summed E-state index contributed by atoms with van der Waals surface area (Å²) in [4.78, 5) is 24.2. The molecule has 6 nitrogen and oxygen atoms in total. The predicted octanol–water partition coefficient (Wildman–Crippen LogP) is 2.48. The molecular weight excluding hydrogens is 306 g/mol. The van der Waals surface area contributed by atoms with E-state index in [1.54, 1.807) is 0 Å². The van der Waals surface area contributed by atoms with Crippen LogP contribution in [0.4, 0.5) is 14.5 Å². The number of pyridine rings is 1. The summed E-state index contributed by atoms with van der Waals surface area (Å²) in [5.41, 5.74) is -2.72. The van der Waals surface area contributed by atoms with Gasteiger partial charge in [0.05, 0.1) is 12.0 Å². The number of hydrogen-bond acceptors (Lipinski definition) is 5. The highest BCUT2D eigenvalue weighted by Crippen LogP contribution is 2.36. The fraction of sp³-hybridized carbons (Fsp3) is 0.250. The summed E-state index contributed by atoms with van der Waals surface area (Å²) < 4.78 is 29.5. The van der Waals surface area contributed by atoms with Gasteiger partial charge < -0.3 is 4.74 Å². The second-order valence-corrected chi connectivity index (χ2v) is 3.62. The first-order valence-corrected chi connectivity index (χ1v) is 4.88. The Labute approximate surface area is 102 Å². The molecule has 1 aromatic heterocycles. The van der Waals surface area contributed by atoms with Crippen LogP contribution in [0, 0.1) is 10.1 Å². The molecule has 9 heteroatoms. The quantitative estimate of drug-likeness (QED) is 0.486. The molecule has 0 radical (unpaired) electrons. The maximum Gasteiger partial charge on any atom is 0.357 e. The molecule has 0 saturated carbocycles. The Balaban J connectivity index is 3.59. The van der Waals surface area contributed by atoms with Crippen molar-refractivity contribution in [3.8, 4) is 0 Å². The Bertz CT molecular complexity index is 481. The molecule has 0 unspecified atom stereocenters. The SMILES string of the molecule is COC(=O)c1ncc(Br)c([N+](=O)[O-])c1C(F)F. The Morgan fingerprint density at radius 1 is 1.65 bits per heavy atom. The second kappa shape index (κ2) is 5.13. The molecule has 1 rings (SSSR count). The lowest BCUT2D eigenvalue weighted by Crippen LogP contribution is -2.11. The minimum atomic E-state index is -3.21. The number of nitrogens with zero attached hydrogens (tertiary/aromatic N) is 2. The van der Waals surface area contributed by atoms with Crippen molar-refractivity contribution < 1.29 is 23.2 Å². The molecule has 0 bridgehead atoms. The summed E-state index contributed by atoms with van der Waals surface area (Å²) in [5, 5.41) is 10.7. The first-order chi connectivity index (χ1) is 7.90. The van der Waals surface area contributed by atoms with Crippen LogP contribution in [0.2, 0.25) is 0 Å². The fourth-order valence-corrected chi connectivity index (χ4v) is 1.61. The summed E-state index contributed by atoms with van der Waals surface area (Å²) in [7, 11) is 0.965. The van der Waals surface area contributed by atoms with Gasteiger partial charge in [0.15, 0.2) is 5.69 Å². The molecule has 0 spiro atoms. The maximum absolute atomic E-state index is 12.8. The zero-order valence-electron chi connectivity index (χ0n) is 8.32. The van der Waals surface area contributed by atoms with Gasteiger partial charge in [0.25, 0.3) is 12.1 Å². The molecule has 0 aromatic carbocycles. The maximum atomic E-state index is 12.8. The van der Waals surface area contributed by atoms with E-state index in [0.717, 1.165) is 13.3 Å². The van der Waals surface area contributed by atoms with E-state index in [1.165, 1.54) is 0 Å². The molecule has 0 aliphatic rings. The van der Waals surface area contributed by atoms with Crippen molar-refractivity contribution in [3.05, 3.63) is 32.0 Å². The number of nitro groups is 1. The van der Waals surface area contributed by atoms with E-state index in [0.29, 0.717) is 0 Å². The predicted molar refractivity (Wildman–Crippen MR) is 54.9 cm³/mol. The van der Waals surface area contributed by atoms with Gasteiger partial charge in [-0.3, -0.25) is 10.1 Å². The van der Waals surface area contributed by atoms with Gasteiger partial charge in [-0.25, -0.2) is 18.6 Å². The molecular formula is C8H5BrF2N2O4. The number of carbonyl (C=O) groups is 1. The van der Waals surface area contributed by atoms with Crippen LogP contribution in [0.25, 0.3) is 0 Å². The highest BCUT2D eigenvalue weighted by atomic mass is 79.9. The van der Waals surface area contributed by atoms with Crippen molar-refractivity contribution in [2.75, 3.05) is 7.11 Å². The first kappa shape index (κ1) is 13.4. The third-order valence-electron chi connectivity index (χ3n) is 1.82. The van der Waals surface area contributed by atoms with Crippen LogP contribution in [-0.2, 0) is 4.74 Å². The van der Waals surface area contributed by atoms with E-state index in [-0.39, 0.29) is 4.47 Å². The average Bonchev–Trinajstić information content (AvgIpc) is 2.26. The van der Waals surface area contributed by atoms with Crippen molar-refractivity contribution in [3.63, 3.8) is 0 Å². The van der Waals surface area contributed by atoms with Gasteiger partial charge in [-0.15, -0.1) is 0 Å². The number of rotatable bonds is 3. The monoisotopic (exact) mass is 310 g/mol. The third-order valence-corrected chi connectivity index (χ3v) is 2.40. The van der Waals surface area contributed by atoms with E-state index in [1.807, 2.05) is 0 Å². The standard InChI is InChI=1S/C8H5BrF2N2O4/c1-17-8(14)5-4(7(10)11)6(13(15)16)3(9)2-12-5/h2,7H,1H3. The number of aromatic nitrogens is 1. The van der Waals surface area contributed by atoms with Gasteiger partial charge in [0.2, 0.25) is 0 Å². The topological polar surface area (TPSA) is 82.3 Å². The molecule has 92 valence electrons. The molecule has 0 atom stereocenters. The minimum absolute atomic E-state index is 0.231. The van der Waals surface area contributed by atoms with Crippen LogP contribution in [0.5, 0.6) is 0 Å². The van der Waals surface area contributed by atoms with Gasteiger partial charge in [0, 0.05) is 6.20 Å². The number of ether oxygens (including phenoxy) is 1. The molecule has 0 saturated heterocycles. The first-order valence-electron chi connectivity index (χ1n) is 4.09. The minimum Gasteiger partial charge on any atom is -0.464 e. The smallest absolute Gasteiger partial charge is 0.357 e. The third kappa shape index (κ3) is 2.54. The number of alkyl halides is 2. The van der Waals surface area contributed by atoms with Crippen LogP contribution in [-0.4, -0.2) is 23.0 Å². The fourth-order valence-electron chi connectivity index (χ4n) is 1.14. The second-order valence-electron chi connectivity index (χ2n) is 2.77. The largest absolute Gasteiger partial charge is 0.464 e. The van der Waals surface area contributed by atoms with Crippen molar-refractivity contribution >= 4 is 27.6 Å². The Morgan fingerprint density at radius 2 is 2.24 bits per heavy atom. The molecule has 1 aromatic rings. The summed E-state index contributed by atoms with van der Waals surface area (Å²) >= 11 is 2.73. The van der Waals surface area contributed by atoms with Crippen molar-refractivity contribution in [1.29, 1.82) is 0 Å². The highest BCUT2D eigenvalue weighted by Gasteiger charge is 2.32. The van der Waals surface area contributed by atoms with E-state index in [4.69, 9.17) is 0 Å². The summed E-state index contributed by atoms with van der Waals surface area (Å²) in [6.07, 6.45) is -2.31. The highest BCUT2D eigenvalue weighted by molar-refractivity contribution is 9.10. The Kier molecular flexibility index (Phi) is 4.05. The van der Waals surface area contributed by atoms with Crippen LogP contribution in [0.3, 0.4) is 0 Å². The zero-order valence-corrected chi connectivity index (χ0v) is 9.90. The number of methoxy groups -OCH3 is 1. The lowest BCUT2D eigenvalue weighted by molar-refractivity contribution is -0.387. The molecule has 0 amide bonds. The van der Waals surface area contributed by atoms with Crippen LogP contribution >= 0.6 is 15.9 Å². The molecule has 17 heavy (non-hydrogen) atoms. The molecule has 0 N–H and O–H groups in total.